The van der Waals surface area contributed by atoms with Gasteiger partial charge in [0.05, 0.1) is 0 Å². The van der Waals surface area contributed by atoms with E-state index in [0.29, 0.717) is 6.42 Å². The summed E-state index contributed by atoms with van der Waals surface area (Å²) in [5.41, 5.74) is 5.65. The molecule has 0 aromatic rings. The summed E-state index contributed by atoms with van der Waals surface area (Å²) in [5, 5.41) is 2.20. The van der Waals surface area contributed by atoms with Crippen molar-refractivity contribution in [2.24, 2.45) is 16.1 Å². The Balaban J connectivity index is 3.31. The number of rotatable bonds is 3. The Hall–Kier alpha value is -1.65. The number of carbonyl (C=O) groups is 2. The molecule has 0 radical (unpaired) electrons. The third-order valence-corrected chi connectivity index (χ3v) is 2.98. The second-order valence-electron chi connectivity index (χ2n) is 3.81. The first-order valence-corrected chi connectivity index (χ1v) is 5.36. The molecule has 0 spiro atoms. The maximum Gasteiger partial charge on any atom is 0.349 e. The minimum absolute atomic E-state index is 0.0888. The third kappa shape index (κ3) is 1.73. The van der Waals surface area contributed by atoms with Crippen LogP contribution in [0.1, 0.15) is 33.6 Å². The van der Waals surface area contributed by atoms with Crippen molar-refractivity contribution in [1.29, 1.82) is 0 Å². The fourth-order valence-corrected chi connectivity index (χ4v) is 2.03. The van der Waals surface area contributed by atoms with Gasteiger partial charge in [-0.05, 0) is 19.8 Å². The first-order valence-electron chi connectivity index (χ1n) is 5.36. The SMILES string of the molecule is CC/C=C(\C)[C@@]1(CC)C(=O)NC(=O)N=C1N. The zero-order chi connectivity index (χ0) is 12.3. The van der Waals surface area contributed by atoms with Crippen LogP contribution in [0.25, 0.3) is 0 Å². The van der Waals surface area contributed by atoms with Crippen LogP contribution in [0.5, 0.6) is 0 Å². The number of nitrogens with one attached hydrogen (secondary N) is 1. The average Bonchev–Trinajstić information content (AvgIpc) is 2.18. The van der Waals surface area contributed by atoms with E-state index in [1.54, 1.807) is 0 Å². The second-order valence-corrected chi connectivity index (χ2v) is 3.81. The molecule has 5 nitrogen and oxygen atoms in total. The number of hydrogen-bond acceptors (Lipinski definition) is 3. The predicted molar refractivity (Wildman–Crippen MR) is 61.9 cm³/mol. The van der Waals surface area contributed by atoms with Crippen molar-refractivity contribution in [2.45, 2.75) is 33.6 Å². The maximum atomic E-state index is 12.0. The molecule has 0 aromatic carbocycles. The van der Waals surface area contributed by atoms with Crippen molar-refractivity contribution in [3.05, 3.63) is 11.6 Å². The van der Waals surface area contributed by atoms with E-state index in [9.17, 15) is 9.59 Å². The lowest BCUT2D eigenvalue weighted by molar-refractivity contribution is -0.125. The van der Waals surface area contributed by atoms with Crippen LogP contribution in [0.2, 0.25) is 0 Å². The Kier molecular flexibility index (Phi) is 3.47. The van der Waals surface area contributed by atoms with Crippen LogP contribution in [0.15, 0.2) is 16.6 Å². The zero-order valence-corrected chi connectivity index (χ0v) is 9.83. The summed E-state index contributed by atoms with van der Waals surface area (Å²) in [5.74, 6) is -0.291. The number of nitrogens with zero attached hydrogens (tertiary/aromatic N) is 1. The summed E-state index contributed by atoms with van der Waals surface area (Å²) < 4.78 is 0. The van der Waals surface area contributed by atoms with Gasteiger partial charge in [0.2, 0.25) is 5.91 Å². The fourth-order valence-electron chi connectivity index (χ4n) is 2.03. The van der Waals surface area contributed by atoms with E-state index in [1.807, 2.05) is 26.8 Å². The molecule has 3 amide bonds. The topological polar surface area (TPSA) is 84.5 Å². The molecule has 0 aromatic heterocycles. The van der Waals surface area contributed by atoms with Gasteiger partial charge in [-0.3, -0.25) is 10.1 Å². The third-order valence-electron chi connectivity index (χ3n) is 2.98. The molecule has 1 rings (SSSR count). The van der Waals surface area contributed by atoms with Crippen LogP contribution in [-0.4, -0.2) is 17.8 Å². The van der Waals surface area contributed by atoms with E-state index < -0.39 is 11.4 Å². The van der Waals surface area contributed by atoms with Crippen LogP contribution in [0.4, 0.5) is 4.79 Å². The normalized spacial score (nSPS) is 26.4. The summed E-state index contributed by atoms with van der Waals surface area (Å²) in [6.07, 6.45) is 3.23. The lowest BCUT2D eigenvalue weighted by Crippen LogP contribution is -2.55. The molecule has 16 heavy (non-hydrogen) atoms. The first kappa shape index (κ1) is 12.4. The first-order chi connectivity index (χ1) is 7.48. The summed E-state index contributed by atoms with van der Waals surface area (Å²) in [6.45, 7) is 5.67. The number of carbonyl (C=O) groups excluding carboxylic acids is 2. The average molecular weight is 223 g/mol. The molecular formula is C11H17N3O2. The van der Waals surface area contributed by atoms with Crippen molar-refractivity contribution in [1.82, 2.24) is 5.32 Å². The Morgan fingerprint density at radius 3 is 2.56 bits per heavy atom. The van der Waals surface area contributed by atoms with Gasteiger partial charge in [-0.2, -0.15) is 4.99 Å². The standard InChI is InChI=1S/C11H17N3O2/c1-4-6-7(3)11(5-2)8(12)13-10(16)14-9(11)15/h6H,4-5H2,1-3H3,(H3,12,13,14,15,16)/b7-6+/t11-/m1/s1. The number of aliphatic imine (C=N–C) groups is 1. The molecule has 0 saturated heterocycles. The van der Waals surface area contributed by atoms with E-state index in [2.05, 4.69) is 10.3 Å². The summed E-state index contributed by atoms with van der Waals surface area (Å²) in [6, 6.07) is -0.684. The smallest absolute Gasteiger partial charge is 0.349 e. The molecule has 3 N–H and O–H groups in total. The van der Waals surface area contributed by atoms with Gasteiger partial charge in [0.1, 0.15) is 11.3 Å². The van der Waals surface area contributed by atoms with E-state index in [1.165, 1.54) is 0 Å². The monoisotopic (exact) mass is 223 g/mol. The lowest BCUT2D eigenvalue weighted by Gasteiger charge is -2.33. The highest BCUT2D eigenvalue weighted by Crippen LogP contribution is 2.34. The van der Waals surface area contributed by atoms with Crippen LogP contribution >= 0.6 is 0 Å². The minimum Gasteiger partial charge on any atom is -0.386 e. The Morgan fingerprint density at radius 2 is 2.12 bits per heavy atom. The second kappa shape index (κ2) is 4.47. The molecule has 5 heteroatoms. The number of urea groups is 1. The molecule has 88 valence electrons. The number of imide groups is 1. The summed E-state index contributed by atoms with van der Waals surface area (Å²) in [7, 11) is 0. The number of nitrogens with two attached hydrogens (primary N) is 1. The molecular weight excluding hydrogens is 206 g/mol. The van der Waals surface area contributed by atoms with Gasteiger partial charge in [0, 0.05) is 0 Å². The summed E-state index contributed by atoms with van der Waals surface area (Å²) >= 11 is 0. The molecule has 0 bridgehead atoms. The van der Waals surface area contributed by atoms with Crippen LogP contribution < -0.4 is 11.1 Å². The summed E-state index contributed by atoms with van der Waals surface area (Å²) in [4.78, 5) is 26.6. The van der Waals surface area contributed by atoms with Gasteiger partial charge in [0.15, 0.2) is 0 Å². The molecule has 1 heterocycles. The number of allylic oxidation sites excluding steroid dienone is 1. The Bertz CT molecular complexity index is 385. The van der Waals surface area contributed by atoms with E-state index in [0.717, 1.165) is 12.0 Å². The van der Waals surface area contributed by atoms with Gasteiger partial charge in [0.25, 0.3) is 0 Å². The lowest BCUT2D eigenvalue weighted by atomic mass is 9.75. The Labute approximate surface area is 94.8 Å². The van der Waals surface area contributed by atoms with Gasteiger partial charge in [-0.25, -0.2) is 4.79 Å². The van der Waals surface area contributed by atoms with Gasteiger partial charge in [-0.1, -0.05) is 25.5 Å². The molecule has 1 aliphatic heterocycles. The van der Waals surface area contributed by atoms with E-state index in [-0.39, 0.29) is 11.7 Å². The van der Waals surface area contributed by atoms with Crippen molar-refractivity contribution in [3.8, 4) is 0 Å². The molecule has 0 aliphatic carbocycles. The molecule has 0 saturated carbocycles. The van der Waals surface area contributed by atoms with Crippen molar-refractivity contribution in [3.63, 3.8) is 0 Å². The van der Waals surface area contributed by atoms with Gasteiger partial charge >= 0.3 is 6.03 Å². The van der Waals surface area contributed by atoms with Crippen LogP contribution in [0.3, 0.4) is 0 Å². The maximum absolute atomic E-state index is 12.0. The number of amidine groups is 1. The van der Waals surface area contributed by atoms with Crippen LogP contribution in [-0.2, 0) is 4.79 Å². The van der Waals surface area contributed by atoms with Gasteiger partial charge in [-0.15, -0.1) is 0 Å². The van der Waals surface area contributed by atoms with Crippen molar-refractivity contribution < 1.29 is 9.59 Å². The molecule has 1 atom stereocenters. The minimum atomic E-state index is -0.954. The van der Waals surface area contributed by atoms with Crippen LogP contribution in [0, 0.1) is 5.41 Å². The highest BCUT2D eigenvalue weighted by molar-refractivity contribution is 6.20. The highest BCUT2D eigenvalue weighted by atomic mass is 16.2. The quantitative estimate of drug-likeness (QED) is 0.708. The molecule has 0 fully saturated rings. The molecule has 1 aliphatic rings. The number of hydrogen-bond donors (Lipinski definition) is 2. The zero-order valence-electron chi connectivity index (χ0n) is 9.83. The van der Waals surface area contributed by atoms with Crippen molar-refractivity contribution >= 4 is 17.8 Å². The van der Waals surface area contributed by atoms with E-state index in [4.69, 9.17) is 5.73 Å². The predicted octanol–water partition coefficient (Wildman–Crippen LogP) is 1.35. The number of amides is 3. The molecule has 0 unspecified atom stereocenters. The fraction of sp³-hybridized carbons (Fsp3) is 0.545. The highest BCUT2D eigenvalue weighted by Gasteiger charge is 2.45. The van der Waals surface area contributed by atoms with Crippen molar-refractivity contribution in [2.75, 3.05) is 0 Å². The Morgan fingerprint density at radius 1 is 1.50 bits per heavy atom. The van der Waals surface area contributed by atoms with Gasteiger partial charge < -0.3 is 5.73 Å². The van der Waals surface area contributed by atoms with E-state index >= 15 is 0 Å². The largest absolute Gasteiger partial charge is 0.386 e.